The standard InChI is InChI=1S/C18H26N2O3S/c1-24(22,23)13-12-20-15-18(17(20)21)9-5-10-19(14-18)11-8-16-6-3-2-4-7-16/h2-4,6-7H,5,8-15H2,1H3. The largest absolute Gasteiger partial charge is 0.340 e. The molecular formula is C18H26N2O3S. The third kappa shape index (κ3) is 3.98. The van der Waals surface area contributed by atoms with Crippen LogP contribution in [-0.4, -0.2) is 68.9 Å². The number of carbonyl (C=O) groups is 1. The summed E-state index contributed by atoms with van der Waals surface area (Å²) in [5, 5.41) is 0. The molecule has 2 fully saturated rings. The van der Waals surface area contributed by atoms with Crippen molar-refractivity contribution in [3.8, 4) is 0 Å². The van der Waals surface area contributed by atoms with Crippen LogP contribution in [0, 0.1) is 5.41 Å². The number of rotatable bonds is 6. The SMILES string of the molecule is CS(=O)(=O)CCN1CC2(CCCN(CCc3ccccc3)C2)C1=O. The molecule has 132 valence electrons. The zero-order valence-electron chi connectivity index (χ0n) is 14.3. The molecule has 0 aromatic heterocycles. The Balaban J connectivity index is 1.51. The van der Waals surface area contributed by atoms with Gasteiger partial charge in [-0.25, -0.2) is 8.42 Å². The number of likely N-dealkylation sites (tertiary alicyclic amines) is 2. The van der Waals surface area contributed by atoms with Gasteiger partial charge in [0.05, 0.1) is 11.2 Å². The first kappa shape index (κ1) is 17.4. The molecule has 2 aliphatic heterocycles. The van der Waals surface area contributed by atoms with Gasteiger partial charge in [0, 0.05) is 32.4 Å². The van der Waals surface area contributed by atoms with Gasteiger partial charge in [-0.3, -0.25) is 4.79 Å². The van der Waals surface area contributed by atoms with Gasteiger partial charge in [0.1, 0.15) is 9.84 Å². The van der Waals surface area contributed by atoms with Crippen LogP contribution in [-0.2, 0) is 21.1 Å². The maximum absolute atomic E-state index is 12.6. The summed E-state index contributed by atoms with van der Waals surface area (Å²) >= 11 is 0. The number of piperidine rings is 1. The highest BCUT2D eigenvalue weighted by Crippen LogP contribution is 2.40. The first-order valence-electron chi connectivity index (χ1n) is 8.61. The Morgan fingerprint density at radius 2 is 1.88 bits per heavy atom. The van der Waals surface area contributed by atoms with E-state index in [1.54, 1.807) is 4.90 Å². The van der Waals surface area contributed by atoms with Crippen LogP contribution in [0.15, 0.2) is 30.3 Å². The van der Waals surface area contributed by atoms with Gasteiger partial charge >= 0.3 is 0 Å². The fourth-order valence-electron chi connectivity index (χ4n) is 3.86. The molecule has 1 atom stereocenters. The van der Waals surface area contributed by atoms with Crippen molar-refractivity contribution in [1.29, 1.82) is 0 Å². The number of sulfone groups is 1. The van der Waals surface area contributed by atoms with Gasteiger partial charge in [-0.2, -0.15) is 0 Å². The van der Waals surface area contributed by atoms with Crippen molar-refractivity contribution in [2.45, 2.75) is 19.3 Å². The maximum atomic E-state index is 12.6. The van der Waals surface area contributed by atoms with Crippen molar-refractivity contribution < 1.29 is 13.2 Å². The van der Waals surface area contributed by atoms with Crippen LogP contribution in [0.1, 0.15) is 18.4 Å². The molecule has 2 aliphatic rings. The van der Waals surface area contributed by atoms with Crippen molar-refractivity contribution in [2.24, 2.45) is 5.41 Å². The lowest BCUT2D eigenvalue weighted by atomic mass is 9.72. The number of amides is 1. The van der Waals surface area contributed by atoms with Crippen molar-refractivity contribution in [1.82, 2.24) is 9.80 Å². The molecule has 1 spiro atoms. The Kier molecular flexibility index (Phi) is 4.97. The molecule has 24 heavy (non-hydrogen) atoms. The van der Waals surface area contributed by atoms with Gasteiger partial charge in [-0.05, 0) is 31.4 Å². The molecule has 1 amide bonds. The molecule has 0 saturated carbocycles. The van der Waals surface area contributed by atoms with Crippen LogP contribution in [0.4, 0.5) is 0 Å². The van der Waals surface area contributed by atoms with Gasteiger partial charge < -0.3 is 9.80 Å². The molecule has 6 heteroatoms. The van der Waals surface area contributed by atoms with E-state index in [1.807, 2.05) is 6.07 Å². The van der Waals surface area contributed by atoms with Crippen LogP contribution in [0.25, 0.3) is 0 Å². The minimum Gasteiger partial charge on any atom is -0.340 e. The first-order valence-corrected chi connectivity index (χ1v) is 10.7. The van der Waals surface area contributed by atoms with Gasteiger partial charge in [0.2, 0.25) is 5.91 Å². The molecule has 3 rings (SSSR count). The highest BCUT2D eigenvalue weighted by Gasteiger charge is 2.53. The third-order valence-electron chi connectivity index (χ3n) is 5.18. The van der Waals surface area contributed by atoms with Crippen molar-refractivity contribution in [2.75, 3.05) is 44.7 Å². The van der Waals surface area contributed by atoms with E-state index in [9.17, 15) is 13.2 Å². The summed E-state index contributed by atoms with van der Waals surface area (Å²) < 4.78 is 22.6. The van der Waals surface area contributed by atoms with Gasteiger partial charge in [-0.15, -0.1) is 0 Å². The lowest BCUT2D eigenvalue weighted by molar-refractivity contribution is -0.165. The van der Waals surface area contributed by atoms with Crippen LogP contribution >= 0.6 is 0 Å². The second kappa shape index (κ2) is 6.84. The van der Waals surface area contributed by atoms with Crippen molar-refractivity contribution in [3.63, 3.8) is 0 Å². The lowest BCUT2D eigenvalue weighted by Gasteiger charge is -2.53. The summed E-state index contributed by atoms with van der Waals surface area (Å²) in [6.45, 7) is 3.88. The topological polar surface area (TPSA) is 57.7 Å². The van der Waals surface area contributed by atoms with E-state index >= 15 is 0 Å². The second-order valence-corrected chi connectivity index (χ2v) is 9.51. The van der Waals surface area contributed by atoms with Crippen LogP contribution in [0.2, 0.25) is 0 Å². The van der Waals surface area contributed by atoms with E-state index in [-0.39, 0.29) is 17.1 Å². The Bertz CT molecular complexity index is 689. The highest BCUT2D eigenvalue weighted by atomic mass is 32.2. The molecule has 0 radical (unpaired) electrons. The van der Waals surface area contributed by atoms with Gasteiger partial charge in [0.15, 0.2) is 0 Å². The number of hydrogen-bond acceptors (Lipinski definition) is 4. The molecular weight excluding hydrogens is 324 g/mol. The average molecular weight is 350 g/mol. The van der Waals surface area contributed by atoms with E-state index in [2.05, 4.69) is 29.2 Å². The van der Waals surface area contributed by atoms with Crippen LogP contribution in [0.3, 0.4) is 0 Å². The summed E-state index contributed by atoms with van der Waals surface area (Å²) in [7, 11) is -3.02. The molecule has 2 heterocycles. The predicted octanol–water partition coefficient (Wildman–Crippen LogP) is 1.20. The molecule has 1 aromatic rings. The fourth-order valence-corrected chi connectivity index (χ4v) is 4.41. The Hall–Kier alpha value is -1.40. The smallest absolute Gasteiger partial charge is 0.231 e. The number of hydrogen-bond donors (Lipinski definition) is 0. The average Bonchev–Trinajstić information content (AvgIpc) is 2.57. The van der Waals surface area contributed by atoms with Crippen LogP contribution < -0.4 is 0 Å². The minimum atomic E-state index is -3.02. The summed E-state index contributed by atoms with van der Waals surface area (Å²) in [6, 6.07) is 10.4. The normalized spacial score (nSPS) is 25.0. The second-order valence-electron chi connectivity index (χ2n) is 7.25. The number of carbonyl (C=O) groups excluding carboxylic acids is 1. The Morgan fingerprint density at radius 3 is 2.54 bits per heavy atom. The Morgan fingerprint density at radius 1 is 1.12 bits per heavy atom. The monoisotopic (exact) mass is 350 g/mol. The maximum Gasteiger partial charge on any atom is 0.231 e. The first-order chi connectivity index (χ1) is 11.4. The summed E-state index contributed by atoms with van der Waals surface area (Å²) in [6.07, 6.45) is 4.20. The molecule has 2 saturated heterocycles. The third-order valence-corrected chi connectivity index (χ3v) is 6.11. The molecule has 0 N–H and O–H groups in total. The lowest BCUT2D eigenvalue weighted by Crippen LogP contribution is -2.67. The zero-order valence-corrected chi connectivity index (χ0v) is 15.1. The minimum absolute atomic E-state index is 0.0620. The van der Waals surface area contributed by atoms with Crippen LogP contribution in [0.5, 0.6) is 0 Å². The fraction of sp³-hybridized carbons (Fsp3) is 0.611. The van der Waals surface area contributed by atoms with E-state index in [0.717, 1.165) is 38.9 Å². The van der Waals surface area contributed by atoms with Crippen molar-refractivity contribution in [3.05, 3.63) is 35.9 Å². The molecule has 5 nitrogen and oxygen atoms in total. The van der Waals surface area contributed by atoms with E-state index in [4.69, 9.17) is 0 Å². The highest BCUT2D eigenvalue weighted by molar-refractivity contribution is 7.90. The van der Waals surface area contributed by atoms with Crippen molar-refractivity contribution >= 4 is 15.7 Å². The molecule has 0 bridgehead atoms. The van der Waals surface area contributed by atoms with E-state index in [1.165, 1.54) is 11.8 Å². The number of β-lactam (4-membered cyclic amide) rings is 1. The molecule has 1 aromatic carbocycles. The van der Waals surface area contributed by atoms with Gasteiger partial charge in [-0.1, -0.05) is 30.3 Å². The Labute approximate surface area is 144 Å². The predicted molar refractivity (Wildman–Crippen MR) is 94.5 cm³/mol. The summed E-state index contributed by atoms with van der Waals surface area (Å²) in [4.78, 5) is 16.7. The van der Waals surface area contributed by atoms with E-state index < -0.39 is 9.84 Å². The quantitative estimate of drug-likeness (QED) is 0.724. The van der Waals surface area contributed by atoms with E-state index in [0.29, 0.717) is 13.1 Å². The number of benzene rings is 1. The summed E-state index contributed by atoms with van der Waals surface area (Å²) in [5.74, 6) is 0.211. The summed E-state index contributed by atoms with van der Waals surface area (Å²) in [5.41, 5.74) is 1.07. The zero-order chi connectivity index (χ0) is 17.2. The number of nitrogens with zero attached hydrogens (tertiary/aromatic N) is 2. The van der Waals surface area contributed by atoms with Gasteiger partial charge in [0.25, 0.3) is 0 Å². The molecule has 1 unspecified atom stereocenters. The molecule has 0 aliphatic carbocycles.